The zero-order valence-corrected chi connectivity index (χ0v) is 25.4. The quantitative estimate of drug-likeness (QED) is 0.284. The molecule has 4 heterocycles. The maximum Gasteiger partial charge on any atom is 0.417 e. The van der Waals surface area contributed by atoms with Gasteiger partial charge in [-0.2, -0.15) is 18.2 Å². The van der Waals surface area contributed by atoms with Gasteiger partial charge < -0.3 is 14.7 Å². The highest BCUT2D eigenvalue weighted by molar-refractivity contribution is 7.99. The fraction of sp³-hybridized carbons (Fsp3) is 0.452. The van der Waals surface area contributed by atoms with Gasteiger partial charge in [0.2, 0.25) is 5.91 Å². The van der Waals surface area contributed by atoms with Crippen LogP contribution in [0.15, 0.2) is 46.6 Å². The lowest BCUT2D eigenvalue weighted by molar-refractivity contribution is -0.137. The molecule has 1 amide bonds. The lowest BCUT2D eigenvalue weighted by atomic mass is 9.81. The minimum atomic E-state index is -4.91. The van der Waals surface area contributed by atoms with E-state index in [1.54, 1.807) is 9.80 Å². The van der Waals surface area contributed by atoms with E-state index in [9.17, 15) is 27.2 Å². The van der Waals surface area contributed by atoms with Gasteiger partial charge in [-0.1, -0.05) is 13.5 Å². The third-order valence-electron chi connectivity index (χ3n) is 8.93. The largest absolute Gasteiger partial charge is 0.417 e. The second kappa shape index (κ2) is 10.9. The van der Waals surface area contributed by atoms with Crippen LogP contribution in [0.3, 0.4) is 0 Å². The number of amides is 1. The smallest absolute Gasteiger partial charge is 0.352 e. The molecule has 234 valence electrons. The van der Waals surface area contributed by atoms with Crippen molar-refractivity contribution >= 4 is 34.4 Å². The Bertz CT molecular complexity index is 1720. The SMILES string of the molecule is C=CC(=O)N1[C@H](C)CN(c2nc(=O)n3c4c(c(-c5ccc(F)cc5F)c(C(F)(F)F)cc24)SCC2(CN(CC)C2)C3)C[C@@H]1C. The second-order valence-corrected chi connectivity index (χ2v) is 13.1. The fourth-order valence-corrected chi connectivity index (χ4v) is 8.51. The third-order valence-corrected chi connectivity index (χ3v) is 10.4. The lowest BCUT2D eigenvalue weighted by Gasteiger charge is -2.49. The van der Waals surface area contributed by atoms with Crippen molar-refractivity contribution in [2.24, 2.45) is 5.41 Å². The van der Waals surface area contributed by atoms with Crippen molar-refractivity contribution in [3.05, 3.63) is 64.6 Å². The Hall–Kier alpha value is -3.45. The second-order valence-electron chi connectivity index (χ2n) is 12.1. The molecule has 44 heavy (non-hydrogen) atoms. The summed E-state index contributed by atoms with van der Waals surface area (Å²) in [6.45, 7) is 12.0. The van der Waals surface area contributed by atoms with Gasteiger partial charge in [-0.05, 0) is 44.7 Å². The molecule has 2 fully saturated rings. The summed E-state index contributed by atoms with van der Waals surface area (Å²) in [6.07, 6.45) is -3.69. The highest BCUT2D eigenvalue weighted by Gasteiger charge is 2.46. The Morgan fingerprint density at radius 3 is 2.41 bits per heavy atom. The highest BCUT2D eigenvalue weighted by Crippen LogP contribution is 2.51. The molecule has 2 saturated heterocycles. The molecule has 0 bridgehead atoms. The molecule has 2 aromatic carbocycles. The van der Waals surface area contributed by atoms with Gasteiger partial charge in [-0.15, -0.1) is 11.8 Å². The van der Waals surface area contributed by atoms with Gasteiger partial charge in [0.25, 0.3) is 0 Å². The number of thioether (sulfide) groups is 1. The summed E-state index contributed by atoms with van der Waals surface area (Å²) < 4.78 is 75.4. The van der Waals surface area contributed by atoms with Crippen LogP contribution in [0.4, 0.5) is 27.8 Å². The Morgan fingerprint density at radius 2 is 1.82 bits per heavy atom. The number of nitrogens with zero attached hydrogens (tertiary/aromatic N) is 5. The molecular weight excluding hydrogens is 601 g/mol. The van der Waals surface area contributed by atoms with Crippen molar-refractivity contribution in [2.45, 2.75) is 50.5 Å². The van der Waals surface area contributed by atoms with Crippen LogP contribution in [0, 0.1) is 17.0 Å². The van der Waals surface area contributed by atoms with Crippen molar-refractivity contribution in [1.82, 2.24) is 19.4 Å². The van der Waals surface area contributed by atoms with Crippen LogP contribution in [0.5, 0.6) is 0 Å². The van der Waals surface area contributed by atoms with Crippen molar-refractivity contribution < 1.29 is 26.7 Å². The molecule has 0 unspecified atom stereocenters. The Balaban J connectivity index is 1.63. The number of halogens is 5. The van der Waals surface area contributed by atoms with E-state index in [1.165, 1.54) is 22.4 Å². The average Bonchev–Trinajstić information content (AvgIpc) is 3.12. The molecule has 6 rings (SSSR count). The monoisotopic (exact) mass is 633 g/mol. The lowest BCUT2D eigenvalue weighted by Crippen LogP contribution is -2.60. The van der Waals surface area contributed by atoms with Gasteiger partial charge in [0, 0.05) is 83.5 Å². The van der Waals surface area contributed by atoms with Crippen LogP contribution in [0.1, 0.15) is 26.3 Å². The molecule has 3 aliphatic heterocycles. The number of carbonyl (C=O) groups excluding carboxylic acids is 1. The number of likely N-dealkylation sites (tertiary alicyclic amines) is 1. The molecule has 7 nitrogen and oxygen atoms in total. The molecule has 3 aliphatic rings. The van der Waals surface area contributed by atoms with Gasteiger partial charge in [0.05, 0.1) is 11.1 Å². The number of rotatable bonds is 4. The number of benzene rings is 2. The van der Waals surface area contributed by atoms with Crippen LogP contribution in [-0.4, -0.2) is 75.8 Å². The first-order valence-corrected chi connectivity index (χ1v) is 15.4. The summed E-state index contributed by atoms with van der Waals surface area (Å²) in [7, 11) is 0. The maximum atomic E-state index is 15.3. The van der Waals surface area contributed by atoms with Crippen molar-refractivity contribution in [3.63, 3.8) is 0 Å². The predicted octanol–water partition coefficient (Wildman–Crippen LogP) is 5.40. The molecule has 0 radical (unpaired) electrons. The first kappa shape index (κ1) is 30.6. The van der Waals surface area contributed by atoms with Gasteiger partial charge in [-0.25, -0.2) is 13.6 Å². The topological polar surface area (TPSA) is 61.7 Å². The summed E-state index contributed by atoms with van der Waals surface area (Å²) in [5, 5.41) is 0.123. The number of alkyl halides is 3. The van der Waals surface area contributed by atoms with Gasteiger partial charge in [-0.3, -0.25) is 9.36 Å². The van der Waals surface area contributed by atoms with Crippen molar-refractivity contribution in [1.29, 1.82) is 0 Å². The summed E-state index contributed by atoms with van der Waals surface area (Å²) >= 11 is 1.18. The van der Waals surface area contributed by atoms with Crippen LogP contribution < -0.4 is 10.6 Å². The van der Waals surface area contributed by atoms with Crippen LogP contribution in [0.25, 0.3) is 22.0 Å². The number of piperazine rings is 1. The maximum absolute atomic E-state index is 15.3. The number of hydrogen-bond acceptors (Lipinski definition) is 6. The standard InChI is InChI=1S/C31H32F5N5O2S/c1-5-24(42)41-17(3)11-39(12-18(41)4)28-21-10-22(31(34,35)36)25(20-8-7-19(32)9-23(20)33)27-26(21)40(29(43)37-28)15-30(16-44-27)13-38(6-2)14-30/h5,7-10,17-18H,1,6,11-16H2,2-4H3/t17-,18+. The molecule has 3 aromatic rings. The van der Waals surface area contributed by atoms with E-state index < -0.39 is 40.0 Å². The van der Waals surface area contributed by atoms with Gasteiger partial charge in [0.15, 0.2) is 0 Å². The first-order chi connectivity index (χ1) is 20.8. The molecule has 2 atom stereocenters. The molecule has 13 heteroatoms. The number of hydrogen-bond donors (Lipinski definition) is 0. The number of aromatic nitrogens is 2. The molecule has 0 saturated carbocycles. The Labute approximate surface area is 255 Å². The summed E-state index contributed by atoms with van der Waals surface area (Å²) in [6, 6.07) is 2.77. The van der Waals surface area contributed by atoms with E-state index in [0.29, 0.717) is 24.9 Å². The minimum absolute atomic E-state index is 0.0869. The molecule has 0 aliphatic carbocycles. The normalized spacial score (nSPS) is 21.8. The zero-order chi connectivity index (χ0) is 31.7. The summed E-state index contributed by atoms with van der Waals surface area (Å²) in [5.41, 5.74) is -2.64. The number of carbonyl (C=O) groups is 1. The molecule has 1 spiro atoms. The van der Waals surface area contributed by atoms with Gasteiger partial charge >= 0.3 is 11.9 Å². The predicted molar refractivity (Wildman–Crippen MR) is 160 cm³/mol. The Morgan fingerprint density at radius 1 is 1.14 bits per heavy atom. The van der Waals surface area contributed by atoms with E-state index in [-0.39, 0.29) is 64.8 Å². The van der Waals surface area contributed by atoms with E-state index >= 15 is 4.39 Å². The van der Waals surface area contributed by atoms with E-state index in [0.717, 1.165) is 24.7 Å². The zero-order valence-electron chi connectivity index (χ0n) is 24.5. The summed E-state index contributed by atoms with van der Waals surface area (Å²) in [4.78, 5) is 36.5. The van der Waals surface area contributed by atoms with Crippen LogP contribution >= 0.6 is 11.8 Å². The first-order valence-electron chi connectivity index (χ1n) is 14.5. The van der Waals surface area contributed by atoms with Crippen molar-refractivity contribution in [2.75, 3.05) is 43.4 Å². The molecule has 1 aromatic heterocycles. The number of anilines is 1. The fourth-order valence-electron chi connectivity index (χ4n) is 7.06. The van der Waals surface area contributed by atoms with Gasteiger partial charge in [0.1, 0.15) is 17.5 Å². The summed E-state index contributed by atoms with van der Waals surface area (Å²) in [5.74, 6) is -1.81. The van der Waals surface area contributed by atoms with E-state index in [4.69, 9.17) is 0 Å². The highest BCUT2D eigenvalue weighted by atomic mass is 32.2. The molecular formula is C31H32F5N5O2S. The Kier molecular flexibility index (Phi) is 7.55. The molecule has 0 N–H and O–H groups in total. The minimum Gasteiger partial charge on any atom is -0.352 e. The van der Waals surface area contributed by atoms with Crippen molar-refractivity contribution in [3.8, 4) is 11.1 Å². The average molecular weight is 634 g/mol. The van der Waals surface area contributed by atoms with E-state index in [2.05, 4.69) is 16.5 Å². The third kappa shape index (κ3) is 4.97. The van der Waals surface area contributed by atoms with E-state index in [1.807, 2.05) is 20.8 Å². The van der Waals surface area contributed by atoms with Crippen LogP contribution in [-0.2, 0) is 17.5 Å². The van der Waals surface area contributed by atoms with Crippen LogP contribution in [0.2, 0.25) is 0 Å².